The smallest absolute Gasteiger partial charge is 0.294 e. The molecular formula is C26H30N2O5S. The minimum Gasteiger partial charge on any atom is -0.490 e. The summed E-state index contributed by atoms with van der Waals surface area (Å²) >= 11 is 0.814. The maximum absolute atomic E-state index is 12.9. The van der Waals surface area contributed by atoms with Crippen molar-refractivity contribution >= 4 is 40.6 Å². The van der Waals surface area contributed by atoms with Crippen LogP contribution in [0.25, 0.3) is 6.08 Å². The number of thioether (sulfide) groups is 1. The molecule has 7 nitrogen and oxygen atoms in total. The first kappa shape index (κ1) is 25.4. The van der Waals surface area contributed by atoms with Crippen molar-refractivity contribution in [2.24, 2.45) is 0 Å². The van der Waals surface area contributed by atoms with Crippen molar-refractivity contribution in [2.45, 2.75) is 47.1 Å². The number of hydrogen-bond donors (Lipinski definition) is 1. The molecule has 2 aromatic carbocycles. The molecule has 1 atom stereocenters. The van der Waals surface area contributed by atoms with E-state index >= 15 is 0 Å². The van der Waals surface area contributed by atoms with E-state index < -0.39 is 17.1 Å². The number of aryl methyl sites for hydroxylation is 2. The Morgan fingerprint density at radius 1 is 1.12 bits per heavy atom. The summed E-state index contributed by atoms with van der Waals surface area (Å²) in [5, 5.41) is 2.30. The molecule has 1 heterocycles. The lowest BCUT2D eigenvalue weighted by Crippen LogP contribution is -2.36. The van der Waals surface area contributed by atoms with Gasteiger partial charge in [-0.15, -0.1) is 0 Å². The summed E-state index contributed by atoms with van der Waals surface area (Å²) in [7, 11) is 0. The molecule has 0 aromatic heterocycles. The Balaban J connectivity index is 1.73. The zero-order valence-electron chi connectivity index (χ0n) is 20.1. The molecule has 180 valence electrons. The van der Waals surface area contributed by atoms with E-state index in [2.05, 4.69) is 5.32 Å². The third-order valence-electron chi connectivity index (χ3n) is 5.30. The van der Waals surface area contributed by atoms with E-state index in [-0.39, 0.29) is 17.6 Å². The van der Waals surface area contributed by atoms with E-state index in [4.69, 9.17) is 9.47 Å². The summed E-state index contributed by atoms with van der Waals surface area (Å²) in [6.45, 7) is 9.88. The average Bonchev–Trinajstić information content (AvgIpc) is 3.04. The summed E-state index contributed by atoms with van der Waals surface area (Å²) in [6.07, 6.45) is 2.52. The second kappa shape index (κ2) is 11.2. The SMILES string of the molecule is CCOc1cc(/C=C2/SC(=O)N(CC(=O)Nc3ccc(C)cc3C)C2=O)ccc1O[C@H](C)CC. The Labute approximate surface area is 204 Å². The largest absolute Gasteiger partial charge is 0.490 e. The quantitative estimate of drug-likeness (QED) is 0.472. The van der Waals surface area contributed by atoms with E-state index in [1.807, 2.05) is 46.8 Å². The van der Waals surface area contributed by atoms with Crippen molar-refractivity contribution in [3.8, 4) is 11.5 Å². The van der Waals surface area contributed by atoms with Gasteiger partial charge in [0, 0.05) is 5.69 Å². The van der Waals surface area contributed by atoms with Crippen LogP contribution < -0.4 is 14.8 Å². The molecule has 0 spiro atoms. The highest BCUT2D eigenvalue weighted by molar-refractivity contribution is 8.18. The van der Waals surface area contributed by atoms with Crippen molar-refractivity contribution in [3.05, 3.63) is 58.0 Å². The molecule has 0 aliphatic carbocycles. The number of nitrogens with one attached hydrogen (secondary N) is 1. The number of nitrogens with zero attached hydrogens (tertiary/aromatic N) is 1. The molecular weight excluding hydrogens is 452 g/mol. The van der Waals surface area contributed by atoms with Gasteiger partial charge < -0.3 is 14.8 Å². The third-order valence-corrected chi connectivity index (χ3v) is 6.21. The maximum Gasteiger partial charge on any atom is 0.294 e. The Hall–Kier alpha value is -3.26. The van der Waals surface area contributed by atoms with Crippen LogP contribution in [0.15, 0.2) is 41.3 Å². The van der Waals surface area contributed by atoms with Gasteiger partial charge in [-0.25, -0.2) is 0 Å². The summed E-state index contributed by atoms with van der Waals surface area (Å²) in [5.74, 6) is 0.275. The molecule has 3 amide bonds. The van der Waals surface area contributed by atoms with Crippen LogP contribution in [0.4, 0.5) is 10.5 Å². The molecule has 1 fully saturated rings. The Morgan fingerprint density at radius 3 is 2.56 bits per heavy atom. The Morgan fingerprint density at radius 2 is 1.88 bits per heavy atom. The van der Waals surface area contributed by atoms with Gasteiger partial charge in [0.25, 0.3) is 11.1 Å². The number of amides is 3. The molecule has 0 radical (unpaired) electrons. The predicted octanol–water partition coefficient (Wildman–Crippen LogP) is 5.55. The lowest BCUT2D eigenvalue weighted by molar-refractivity contribution is -0.127. The van der Waals surface area contributed by atoms with Gasteiger partial charge in [-0.2, -0.15) is 0 Å². The van der Waals surface area contributed by atoms with Crippen LogP contribution >= 0.6 is 11.8 Å². The molecule has 0 saturated carbocycles. The minimum absolute atomic E-state index is 0.0383. The molecule has 1 saturated heterocycles. The van der Waals surface area contributed by atoms with Gasteiger partial charge in [0.05, 0.1) is 17.6 Å². The third kappa shape index (κ3) is 6.20. The Bertz CT molecular complexity index is 1130. The standard InChI is InChI=1S/C26H30N2O5S/c1-6-18(5)33-21-11-9-19(13-22(21)32-7-2)14-23-25(30)28(26(31)34-23)15-24(29)27-20-10-8-16(3)12-17(20)4/h8-14,18H,6-7,15H2,1-5H3,(H,27,29)/b23-14+/t18-/m1/s1. The highest BCUT2D eigenvalue weighted by Crippen LogP contribution is 2.35. The predicted molar refractivity (Wildman–Crippen MR) is 135 cm³/mol. The van der Waals surface area contributed by atoms with Crippen molar-refractivity contribution in [1.82, 2.24) is 4.90 Å². The summed E-state index contributed by atoms with van der Waals surface area (Å²) in [6, 6.07) is 11.0. The van der Waals surface area contributed by atoms with E-state index in [0.29, 0.717) is 29.4 Å². The van der Waals surface area contributed by atoms with E-state index in [1.54, 1.807) is 30.3 Å². The van der Waals surface area contributed by atoms with Gasteiger partial charge in [0.2, 0.25) is 5.91 Å². The van der Waals surface area contributed by atoms with Crippen molar-refractivity contribution < 1.29 is 23.9 Å². The zero-order valence-corrected chi connectivity index (χ0v) is 21.0. The van der Waals surface area contributed by atoms with Gasteiger partial charge in [-0.05, 0) is 81.3 Å². The molecule has 1 aliphatic heterocycles. The van der Waals surface area contributed by atoms with E-state index in [1.165, 1.54) is 0 Å². The fraction of sp³-hybridized carbons (Fsp3) is 0.346. The number of carbonyl (C=O) groups is 3. The normalized spacial score (nSPS) is 15.6. The van der Waals surface area contributed by atoms with Crippen molar-refractivity contribution in [3.63, 3.8) is 0 Å². The van der Waals surface area contributed by atoms with Crippen LogP contribution in [0.1, 0.15) is 43.9 Å². The van der Waals surface area contributed by atoms with Crippen LogP contribution in [0.5, 0.6) is 11.5 Å². The number of benzene rings is 2. The first-order chi connectivity index (χ1) is 16.2. The van der Waals surface area contributed by atoms with Gasteiger partial charge in [-0.1, -0.05) is 30.7 Å². The number of carbonyl (C=O) groups excluding carboxylic acids is 3. The van der Waals surface area contributed by atoms with Crippen molar-refractivity contribution in [2.75, 3.05) is 18.5 Å². The topological polar surface area (TPSA) is 84.9 Å². The first-order valence-electron chi connectivity index (χ1n) is 11.3. The first-order valence-corrected chi connectivity index (χ1v) is 12.1. The van der Waals surface area contributed by atoms with Crippen LogP contribution in [0.2, 0.25) is 0 Å². The summed E-state index contributed by atoms with van der Waals surface area (Å²) < 4.78 is 11.6. The number of rotatable bonds is 9. The van der Waals surface area contributed by atoms with E-state index in [0.717, 1.165) is 34.2 Å². The molecule has 3 rings (SSSR count). The number of hydrogen-bond acceptors (Lipinski definition) is 6. The van der Waals surface area contributed by atoms with Gasteiger partial charge in [-0.3, -0.25) is 19.3 Å². The van der Waals surface area contributed by atoms with Crippen LogP contribution in [0, 0.1) is 13.8 Å². The highest BCUT2D eigenvalue weighted by Gasteiger charge is 2.36. The number of ether oxygens (including phenoxy) is 2. The molecule has 34 heavy (non-hydrogen) atoms. The average molecular weight is 483 g/mol. The van der Waals surface area contributed by atoms with Crippen molar-refractivity contribution in [1.29, 1.82) is 0 Å². The molecule has 1 N–H and O–H groups in total. The summed E-state index contributed by atoms with van der Waals surface area (Å²) in [5.41, 5.74) is 3.35. The highest BCUT2D eigenvalue weighted by atomic mass is 32.2. The van der Waals surface area contributed by atoms with Gasteiger partial charge in [0.15, 0.2) is 11.5 Å². The molecule has 1 aliphatic rings. The van der Waals surface area contributed by atoms with Gasteiger partial charge >= 0.3 is 0 Å². The summed E-state index contributed by atoms with van der Waals surface area (Å²) in [4.78, 5) is 39.0. The maximum atomic E-state index is 12.9. The van der Waals surface area contributed by atoms with E-state index in [9.17, 15) is 14.4 Å². The van der Waals surface area contributed by atoms with Crippen LogP contribution in [-0.4, -0.2) is 41.2 Å². The fourth-order valence-electron chi connectivity index (χ4n) is 3.36. The lowest BCUT2D eigenvalue weighted by atomic mass is 10.1. The Kier molecular flexibility index (Phi) is 8.39. The lowest BCUT2D eigenvalue weighted by Gasteiger charge is -2.16. The van der Waals surface area contributed by atoms with Gasteiger partial charge in [0.1, 0.15) is 6.54 Å². The minimum atomic E-state index is -0.497. The number of anilines is 1. The molecule has 2 aromatic rings. The zero-order chi connectivity index (χ0) is 24.8. The van der Waals surface area contributed by atoms with Crippen LogP contribution in [-0.2, 0) is 9.59 Å². The molecule has 0 unspecified atom stereocenters. The van der Waals surface area contributed by atoms with Crippen LogP contribution in [0.3, 0.4) is 0 Å². The second-order valence-corrected chi connectivity index (χ2v) is 9.10. The second-order valence-electron chi connectivity index (χ2n) is 8.11. The number of imide groups is 1. The molecule has 8 heteroatoms. The molecule has 0 bridgehead atoms. The fourth-order valence-corrected chi connectivity index (χ4v) is 4.19. The monoisotopic (exact) mass is 482 g/mol.